The molecule has 0 aliphatic heterocycles. The number of aromatic nitrogens is 2. The van der Waals surface area contributed by atoms with E-state index in [0.29, 0.717) is 23.0 Å². The summed E-state index contributed by atoms with van der Waals surface area (Å²) < 4.78 is 23.7. The second-order valence-corrected chi connectivity index (χ2v) is 5.56. The molecule has 0 spiro atoms. The minimum Gasteiger partial charge on any atom is -0.485 e. The maximum Gasteiger partial charge on any atom is 0.258 e. The van der Waals surface area contributed by atoms with E-state index in [-0.39, 0.29) is 12.4 Å². The Kier molecular flexibility index (Phi) is 4.30. The Morgan fingerprint density at radius 3 is 2.43 bits per heavy atom. The van der Waals surface area contributed by atoms with E-state index in [2.05, 4.69) is 10.1 Å². The van der Waals surface area contributed by atoms with E-state index in [4.69, 9.17) is 20.9 Å². The Morgan fingerprint density at radius 1 is 1.13 bits per heavy atom. The van der Waals surface area contributed by atoms with E-state index >= 15 is 0 Å². The first kappa shape index (κ1) is 15.5. The molecule has 23 heavy (non-hydrogen) atoms. The van der Waals surface area contributed by atoms with Crippen molar-refractivity contribution in [2.45, 2.75) is 20.5 Å². The molecule has 0 fully saturated rings. The summed E-state index contributed by atoms with van der Waals surface area (Å²) in [4.78, 5) is 4.24. The van der Waals surface area contributed by atoms with Crippen LogP contribution >= 0.6 is 11.6 Å². The van der Waals surface area contributed by atoms with Crippen LogP contribution in [-0.2, 0) is 6.61 Å². The average Bonchev–Trinajstić information content (AvgIpc) is 3.00. The molecule has 0 bridgehead atoms. The SMILES string of the molecule is Cc1cc(OCc2noc(-c3ccc(F)cc3)n2)cc(C)c1Cl. The molecule has 0 atom stereocenters. The maximum atomic E-state index is 12.9. The Balaban J connectivity index is 1.71. The fraction of sp³-hybridized carbons (Fsp3) is 0.176. The average molecular weight is 333 g/mol. The molecule has 0 amide bonds. The Labute approximate surface area is 137 Å². The molecule has 4 nitrogen and oxygen atoms in total. The molecule has 0 aliphatic rings. The van der Waals surface area contributed by atoms with Crippen molar-refractivity contribution in [3.63, 3.8) is 0 Å². The fourth-order valence-corrected chi connectivity index (χ4v) is 2.27. The van der Waals surface area contributed by atoms with Crippen LogP contribution in [0.15, 0.2) is 40.9 Å². The highest BCUT2D eigenvalue weighted by atomic mass is 35.5. The summed E-state index contributed by atoms with van der Waals surface area (Å²) in [5.41, 5.74) is 2.55. The van der Waals surface area contributed by atoms with Crippen LogP contribution in [0.2, 0.25) is 5.02 Å². The van der Waals surface area contributed by atoms with Gasteiger partial charge in [-0.1, -0.05) is 16.8 Å². The second kappa shape index (κ2) is 6.38. The van der Waals surface area contributed by atoms with Gasteiger partial charge >= 0.3 is 0 Å². The van der Waals surface area contributed by atoms with Crippen LogP contribution in [0, 0.1) is 19.7 Å². The van der Waals surface area contributed by atoms with Crippen molar-refractivity contribution in [2.24, 2.45) is 0 Å². The zero-order valence-corrected chi connectivity index (χ0v) is 13.4. The molecule has 1 heterocycles. The van der Waals surface area contributed by atoms with Crippen LogP contribution in [0.4, 0.5) is 4.39 Å². The van der Waals surface area contributed by atoms with Gasteiger partial charge in [0.2, 0.25) is 5.82 Å². The lowest BCUT2D eigenvalue weighted by Crippen LogP contribution is -1.98. The lowest BCUT2D eigenvalue weighted by molar-refractivity contribution is 0.286. The summed E-state index contributed by atoms with van der Waals surface area (Å²) in [5.74, 6) is 1.12. The number of hydrogen-bond donors (Lipinski definition) is 0. The number of ether oxygens (including phenoxy) is 1. The first-order chi connectivity index (χ1) is 11.0. The Hall–Kier alpha value is -2.40. The molecule has 2 aromatic carbocycles. The molecule has 0 N–H and O–H groups in total. The lowest BCUT2D eigenvalue weighted by atomic mass is 10.1. The molecule has 0 unspecified atom stereocenters. The maximum absolute atomic E-state index is 12.9. The highest BCUT2D eigenvalue weighted by Crippen LogP contribution is 2.26. The summed E-state index contributed by atoms with van der Waals surface area (Å²) in [6.45, 7) is 4.01. The van der Waals surface area contributed by atoms with Gasteiger partial charge in [-0.3, -0.25) is 0 Å². The molecule has 0 saturated heterocycles. The Bertz CT molecular complexity index is 808. The highest BCUT2D eigenvalue weighted by molar-refractivity contribution is 6.32. The minimum atomic E-state index is -0.315. The monoisotopic (exact) mass is 332 g/mol. The van der Waals surface area contributed by atoms with E-state index < -0.39 is 0 Å². The Morgan fingerprint density at radius 2 is 1.78 bits per heavy atom. The molecule has 0 radical (unpaired) electrons. The number of nitrogens with zero attached hydrogens (tertiary/aromatic N) is 2. The van der Waals surface area contributed by atoms with Crippen molar-refractivity contribution in [1.82, 2.24) is 10.1 Å². The predicted molar refractivity (Wildman–Crippen MR) is 85.0 cm³/mol. The van der Waals surface area contributed by atoms with E-state index in [1.807, 2.05) is 26.0 Å². The molecule has 3 aromatic rings. The van der Waals surface area contributed by atoms with Crippen molar-refractivity contribution in [2.75, 3.05) is 0 Å². The van der Waals surface area contributed by atoms with Crippen molar-refractivity contribution < 1.29 is 13.7 Å². The molecular formula is C17H14ClFN2O2. The predicted octanol–water partition coefficient (Wildman–Crippen LogP) is 4.72. The quantitative estimate of drug-likeness (QED) is 0.693. The number of rotatable bonds is 4. The van der Waals surface area contributed by atoms with E-state index in [1.165, 1.54) is 12.1 Å². The lowest BCUT2D eigenvalue weighted by Gasteiger charge is -2.08. The van der Waals surface area contributed by atoms with Crippen LogP contribution in [0.3, 0.4) is 0 Å². The van der Waals surface area contributed by atoms with Crippen molar-refractivity contribution in [3.05, 3.63) is 64.2 Å². The summed E-state index contributed by atoms with van der Waals surface area (Å²) >= 11 is 6.13. The zero-order valence-electron chi connectivity index (χ0n) is 12.6. The molecule has 0 aliphatic carbocycles. The third kappa shape index (κ3) is 3.51. The molecule has 6 heteroatoms. The van der Waals surface area contributed by atoms with Crippen LogP contribution in [0.25, 0.3) is 11.5 Å². The van der Waals surface area contributed by atoms with E-state index in [0.717, 1.165) is 16.1 Å². The van der Waals surface area contributed by atoms with Crippen LogP contribution < -0.4 is 4.74 Å². The number of halogens is 2. The third-order valence-electron chi connectivity index (χ3n) is 3.34. The van der Waals surface area contributed by atoms with Gasteiger partial charge in [0.15, 0.2) is 6.61 Å². The second-order valence-electron chi connectivity index (χ2n) is 5.18. The van der Waals surface area contributed by atoms with Crippen molar-refractivity contribution >= 4 is 11.6 Å². The van der Waals surface area contributed by atoms with Gasteiger partial charge in [0.05, 0.1) is 0 Å². The molecule has 118 valence electrons. The van der Waals surface area contributed by atoms with Gasteiger partial charge in [-0.25, -0.2) is 4.39 Å². The number of hydrogen-bond acceptors (Lipinski definition) is 4. The van der Waals surface area contributed by atoms with Crippen LogP contribution in [0.5, 0.6) is 5.75 Å². The summed E-state index contributed by atoms with van der Waals surface area (Å²) in [6.07, 6.45) is 0. The van der Waals surface area contributed by atoms with Gasteiger partial charge in [-0.2, -0.15) is 4.98 Å². The van der Waals surface area contributed by atoms with Crippen molar-refractivity contribution in [3.8, 4) is 17.2 Å². The van der Waals surface area contributed by atoms with E-state index in [9.17, 15) is 4.39 Å². The minimum absolute atomic E-state index is 0.172. The first-order valence-corrected chi connectivity index (χ1v) is 7.39. The van der Waals surface area contributed by atoms with Gasteiger partial charge in [0, 0.05) is 10.6 Å². The number of benzene rings is 2. The zero-order chi connectivity index (χ0) is 16.4. The van der Waals surface area contributed by atoms with Crippen LogP contribution in [0.1, 0.15) is 17.0 Å². The van der Waals surface area contributed by atoms with Gasteiger partial charge < -0.3 is 9.26 Å². The third-order valence-corrected chi connectivity index (χ3v) is 3.93. The molecular weight excluding hydrogens is 319 g/mol. The number of aryl methyl sites for hydroxylation is 2. The summed E-state index contributed by atoms with van der Waals surface area (Å²) in [7, 11) is 0. The van der Waals surface area contributed by atoms with Crippen LogP contribution in [-0.4, -0.2) is 10.1 Å². The molecule has 1 aromatic heterocycles. The summed E-state index contributed by atoms with van der Waals surface area (Å²) in [6, 6.07) is 9.56. The summed E-state index contributed by atoms with van der Waals surface area (Å²) in [5, 5.41) is 4.59. The normalized spacial score (nSPS) is 10.8. The van der Waals surface area contributed by atoms with Gasteiger partial charge in [0.1, 0.15) is 11.6 Å². The highest BCUT2D eigenvalue weighted by Gasteiger charge is 2.10. The smallest absolute Gasteiger partial charge is 0.258 e. The largest absolute Gasteiger partial charge is 0.485 e. The molecule has 0 saturated carbocycles. The van der Waals surface area contributed by atoms with Gasteiger partial charge in [-0.05, 0) is 61.4 Å². The van der Waals surface area contributed by atoms with Crippen molar-refractivity contribution in [1.29, 1.82) is 0 Å². The fourth-order valence-electron chi connectivity index (χ4n) is 2.16. The van der Waals surface area contributed by atoms with Gasteiger partial charge in [0.25, 0.3) is 5.89 Å². The standard InChI is InChI=1S/C17H14ClFN2O2/c1-10-7-14(8-11(2)16(10)18)22-9-15-20-17(23-21-15)12-3-5-13(19)6-4-12/h3-8H,9H2,1-2H3. The van der Waals surface area contributed by atoms with Gasteiger partial charge in [-0.15, -0.1) is 0 Å². The first-order valence-electron chi connectivity index (χ1n) is 7.01. The van der Waals surface area contributed by atoms with E-state index in [1.54, 1.807) is 12.1 Å². The topological polar surface area (TPSA) is 48.2 Å². The molecule has 3 rings (SSSR count).